The van der Waals surface area contributed by atoms with Gasteiger partial charge in [-0.2, -0.15) is 0 Å². The van der Waals surface area contributed by atoms with E-state index in [0.29, 0.717) is 5.56 Å². The average Bonchev–Trinajstić information content (AvgIpc) is 3.14. The third-order valence-corrected chi connectivity index (χ3v) is 4.96. The van der Waals surface area contributed by atoms with Gasteiger partial charge in [-0.15, -0.1) is 24.0 Å². The minimum Gasteiger partial charge on any atom is -0.361 e. The molecule has 0 unspecified atom stereocenters. The maximum Gasteiger partial charge on any atom is 0.251 e. The molecule has 160 valence electrons. The molecule has 1 amide bonds. The lowest BCUT2D eigenvalue weighted by atomic mass is 10.1. The highest BCUT2D eigenvalue weighted by atomic mass is 127. The number of hydrogen-bond donors (Lipinski definition) is 4. The fraction of sp³-hybridized carbons (Fsp3) is 0.304. The molecule has 0 atom stereocenters. The van der Waals surface area contributed by atoms with Crippen molar-refractivity contribution in [1.29, 1.82) is 0 Å². The van der Waals surface area contributed by atoms with E-state index >= 15 is 0 Å². The number of nitrogens with one attached hydrogen (secondary N) is 4. The van der Waals surface area contributed by atoms with Gasteiger partial charge in [-0.05, 0) is 54.7 Å². The Morgan fingerprint density at radius 2 is 1.83 bits per heavy atom. The molecule has 0 aliphatic rings. The first-order valence-corrected chi connectivity index (χ1v) is 9.93. The van der Waals surface area contributed by atoms with Crippen molar-refractivity contribution in [3.8, 4) is 0 Å². The summed E-state index contributed by atoms with van der Waals surface area (Å²) in [7, 11) is 3.42. The van der Waals surface area contributed by atoms with Crippen LogP contribution >= 0.6 is 24.0 Å². The number of fused-ring (bicyclic) bond motifs is 1. The zero-order valence-electron chi connectivity index (χ0n) is 17.7. The third kappa shape index (κ3) is 6.22. The first-order valence-electron chi connectivity index (χ1n) is 9.93. The maximum atomic E-state index is 11.7. The normalized spacial score (nSPS) is 11.1. The van der Waals surface area contributed by atoms with Crippen LogP contribution in [-0.4, -0.2) is 44.0 Å². The second kappa shape index (κ2) is 11.6. The number of H-pyrrole nitrogens is 1. The highest BCUT2D eigenvalue weighted by Gasteiger charge is 2.06. The zero-order valence-corrected chi connectivity index (χ0v) is 20.0. The van der Waals surface area contributed by atoms with Gasteiger partial charge in [0.05, 0.1) is 0 Å². The van der Waals surface area contributed by atoms with Gasteiger partial charge < -0.3 is 20.9 Å². The van der Waals surface area contributed by atoms with Crippen LogP contribution < -0.4 is 16.0 Å². The lowest BCUT2D eigenvalue weighted by Gasteiger charge is -2.12. The van der Waals surface area contributed by atoms with Crippen LogP contribution in [0.15, 0.2) is 53.7 Å². The van der Waals surface area contributed by atoms with Crippen LogP contribution in [0.1, 0.15) is 27.0 Å². The lowest BCUT2D eigenvalue weighted by molar-refractivity contribution is 0.0963. The van der Waals surface area contributed by atoms with Crippen molar-refractivity contribution >= 4 is 46.7 Å². The fourth-order valence-corrected chi connectivity index (χ4v) is 3.38. The fourth-order valence-electron chi connectivity index (χ4n) is 3.38. The molecular formula is C23H30IN5O. The second-order valence-corrected chi connectivity index (χ2v) is 7.07. The Morgan fingerprint density at radius 3 is 2.57 bits per heavy atom. The summed E-state index contributed by atoms with van der Waals surface area (Å²) in [5, 5.41) is 10.6. The SMILES string of the molecule is CN=C(NCCc1cccc(C(=O)NC)c1)NCCc1c[nH]c2cc(C)ccc12.I. The van der Waals surface area contributed by atoms with Crippen molar-refractivity contribution < 1.29 is 4.79 Å². The number of carbonyl (C=O) groups excluding carboxylic acids is 1. The Kier molecular flexibility index (Phi) is 9.16. The summed E-state index contributed by atoms with van der Waals surface area (Å²) in [5.74, 6) is 0.716. The molecule has 3 rings (SSSR count). The molecule has 0 saturated carbocycles. The number of hydrogen-bond acceptors (Lipinski definition) is 2. The average molecular weight is 519 g/mol. The number of amides is 1. The Hall–Kier alpha value is -2.55. The van der Waals surface area contributed by atoms with Crippen molar-refractivity contribution in [1.82, 2.24) is 20.9 Å². The van der Waals surface area contributed by atoms with E-state index in [4.69, 9.17) is 0 Å². The number of rotatable bonds is 7. The van der Waals surface area contributed by atoms with Gasteiger partial charge in [0.15, 0.2) is 5.96 Å². The molecule has 3 aromatic rings. The van der Waals surface area contributed by atoms with Gasteiger partial charge in [0.1, 0.15) is 0 Å². The highest BCUT2D eigenvalue weighted by molar-refractivity contribution is 14.0. The van der Waals surface area contributed by atoms with Crippen LogP contribution in [-0.2, 0) is 12.8 Å². The minimum atomic E-state index is -0.0651. The van der Waals surface area contributed by atoms with Gasteiger partial charge in [-0.25, -0.2) is 0 Å². The number of aromatic nitrogens is 1. The molecule has 30 heavy (non-hydrogen) atoms. The van der Waals surface area contributed by atoms with Crippen LogP contribution in [0.3, 0.4) is 0 Å². The predicted octanol–water partition coefficient (Wildman–Crippen LogP) is 3.40. The molecule has 1 aromatic heterocycles. The van der Waals surface area contributed by atoms with E-state index in [1.807, 2.05) is 24.3 Å². The third-order valence-electron chi connectivity index (χ3n) is 4.96. The molecule has 0 spiro atoms. The zero-order chi connectivity index (χ0) is 20.6. The van der Waals surface area contributed by atoms with Gasteiger partial charge >= 0.3 is 0 Å². The molecule has 0 radical (unpaired) electrons. The van der Waals surface area contributed by atoms with Gasteiger partial charge in [0, 0.05) is 49.8 Å². The van der Waals surface area contributed by atoms with E-state index in [2.05, 4.69) is 57.2 Å². The number of nitrogens with zero attached hydrogens (tertiary/aromatic N) is 1. The highest BCUT2D eigenvalue weighted by Crippen LogP contribution is 2.19. The number of guanidine groups is 1. The minimum absolute atomic E-state index is 0. The van der Waals surface area contributed by atoms with Crippen LogP contribution in [0.5, 0.6) is 0 Å². The molecule has 7 heteroatoms. The Balaban J connectivity index is 0.00000320. The maximum absolute atomic E-state index is 11.7. The van der Waals surface area contributed by atoms with Gasteiger partial charge in [-0.3, -0.25) is 9.79 Å². The topological polar surface area (TPSA) is 81.3 Å². The smallest absolute Gasteiger partial charge is 0.251 e. The molecule has 0 aliphatic carbocycles. The second-order valence-electron chi connectivity index (χ2n) is 7.07. The molecule has 6 nitrogen and oxygen atoms in total. The largest absolute Gasteiger partial charge is 0.361 e. The van der Waals surface area contributed by atoms with Gasteiger partial charge in [-0.1, -0.05) is 24.3 Å². The summed E-state index contributed by atoms with van der Waals surface area (Å²) < 4.78 is 0. The molecule has 4 N–H and O–H groups in total. The van der Waals surface area contributed by atoms with E-state index in [1.54, 1.807) is 14.1 Å². The molecule has 0 aliphatic heterocycles. The Bertz CT molecular complexity index is 1010. The summed E-state index contributed by atoms with van der Waals surface area (Å²) in [6.45, 7) is 3.64. The lowest BCUT2D eigenvalue weighted by Crippen LogP contribution is -2.39. The standard InChI is InChI=1S/C23H29N5O.HI/c1-16-7-8-20-19(15-28-21(20)13-16)10-12-27-23(25-3)26-11-9-17-5-4-6-18(14-17)22(29)24-2;/h4-8,13-15,28H,9-12H2,1-3H3,(H,24,29)(H2,25,26,27);1H. The number of aryl methyl sites for hydroxylation is 1. The summed E-state index contributed by atoms with van der Waals surface area (Å²) in [5.41, 5.74) is 5.54. The first-order chi connectivity index (χ1) is 14.1. The number of halogens is 1. The van der Waals surface area contributed by atoms with Crippen LogP contribution in [0.25, 0.3) is 10.9 Å². The number of aromatic amines is 1. The number of benzene rings is 2. The Labute approximate surface area is 195 Å². The quantitative estimate of drug-likeness (QED) is 0.220. The summed E-state index contributed by atoms with van der Waals surface area (Å²) in [4.78, 5) is 19.4. The molecule has 0 bridgehead atoms. The summed E-state index contributed by atoms with van der Waals surface area (Å²) >= 11 is 0. The monoisotopic (exact) mass is 519 g/mol. The van der Waals surface area contributed by atoms with Crippen molar-refractivity contribution in [2.45, 2.75) is 19.8 Å². The molecule has 0 fully saturated rings. The summed E-state index contributed by atoms with van der Waals surface area (Å²) in [6, 6.07) is 14.2. The van der Waals surface area contributed by atoms with Crippen LogP contribution in [0.2, 0.25) is 0 Å². The van der Waals surface area contributed by atoms with E-state index in [1.165, 1.54) is 22.0 Å². The number of carbonyl (C=O) groups is 1. The van der Waals surface area contributed by atoms with Gasteiger partial charge in [0.2, 0.25) is 0 Å². The van der Waals surface area contributed by atoms with E-state index in [-0.39, 0.29) is 29.9 Å². The van der Waals surface area contributed by atoms with Crippen molar-refractivity contribution in [3.05, 3.63) is 70.9 Å². The van der Waals surface area contributed by atoms with Crippen molar-refractivity contribution in [2.75, 3.05) is 27.2 Å². The van der Waals surface area contributed by atoms with Gasteiger partial charge in [0.25, 0.3) is 5.91 Å². The molecule has 1 heterocycles. The van der Waals surface area contributed by atoms with Crippen molar-refractivity contribution in [2.24, 2.45) is 4.99 Å². The summed E-state index contributed by atoms with van der Waals surface area (Å²) in [6.07, 6.45) is 3.81. The first kappa shape index (κ1) is 23.7. The molecule has 0 saturated heterocycles. The van der Waals surface area contributed by atoms with Crippen molar-refractivity contribution in [3.63, 3.8) is 0 Å². The van der Waals surface area contributed by atoms with E-state index in [9.17, 15) is 4.79 Å². The van der Waals surface area contributed by atoms with Crippen LogP contribution in [0.4, 0.5) is 0 Å². The Morgan fingerprint density at radius 1 is 1.07 bits per heavy atom. The van der Waals surface area contributed by atoms with E-state index < -0.39 is 0 Å². The molecule has 2 aromatic carbocycles. The number of aliphatic imine (C=N–C) groups is 1. The predicted molar refractivity (Wildman–Crippen MR) is 135 cm³/mol. The van der Waals surface area contributed by atoms with E-state index in [0.717, 1.165) is 37.5 Å². The molecular weight excluding hydrogens is 489 g/mol. The van der Waals surface area contributed by atoms with Crippen LogP contribution in [0, 0.1) is 6.92 Å².